The van der Waals surface area contributed by atoms with E-state index in [1.807, 2.05) is 39.8 Å². The zero-order valence-electron chi connectivity index (χ0n) is 17.4. The maximum Gasteiger partial charge on any atom is 0.343 e. The number of esters is 2. The molecular formula is C23H27NO5. The van der Waals surface area contributed by atoms with E-state index in [-0.39, 0.29) is 18.1 Å². The van der Waals surface area contributed by atoms with Crippen molar-refractivity contribution in [1.29, 1.82) is 0 Å². The summed E-state index contributed by atoms with van der Waals surface area (Å²) in [6.45, 7) is 8.61. The van der Waals surface area contributed by atoms with Gasteiger partial charge in [-0.25, -0.2) is 4.79 Å². The number of Topliss-reactive ketones (excluding diaryl/α,β-unsaturated/α-hetero) is 1. The lowest BCUT2D eigenvalue weighted by Gasteiger charge is -2.26. The van der Waals surface area contributed by atoms with Gasteiger partial charge >= 0.3 is 11.9 Å². The van der Waals surface area contributed by atoms with Gasteiger partial charge < -0.3 is 15.2 Å². The van der Waals surface area contributed by atoms with E-state index in [2.05, 4.69) is 0 Å². The highest BCUT2D eigenvalue weighted by atomic mass is 16.5. The van der Waals surface area contributed by atoms with Gasteiger partial charge in [0.05, 0.1) is 11.6 Å². The summed E-state index contributed by atoms with van der Waals surface area (Å²) >= 11 is 0. The van der Waals surface area contributed by atoms with Gasteiger partial charge in [0.1, 0.15) is 12.4 Å². The van der Waals surface area contributed by atoms with E-state index in [1.54, 1.807) is 24.3 Å². The molecule has 2 rings (SSSR count). The highest BCUT2D eigenvalue weighted by molar-refractivity contribution is 6.01. The normalized spacial score (nSPS) is 12.2. The Kier molecular flexibility index (Phi) is 6.93. The highest BCUT2D eigenvalue weighted by Crippen LogP contribution is 2.26. The Morgan fingerprint density at radius 2 is 1.72 bits per heavy atom. The number of rotatable bonds is 6. The molecule has 0 fully saturated rings. The molecule has 2 aromatic carbocycles. The number of carbonyl (C=O) groups is 3. The zero-order valence-corrected chi connectivity index (χ0v) is 17.4. The standard InChI is InChI=1S/C23H27NO5/c1-14-8-6-7-9-18(14)22(27)29-19-11-10-16(12-17(19)13-28-15(2)25)20(26)21(24)23(3,4)5/h6-12,21H,13,24H2,1-5H3. The van der Waals surface area contributed by atoms with Crippen LogP contribution < -0.4 is 10.5 Å². The number of benzene rings is 2. The van der Waals surface area contributed by atoms with Crippen LogP contribution in [-0.4, -0.2) is 23.8 Å². The van der Waals surface area contributed by atoms with E-state index in [1.165, 1.54) is 13.0 Å². The number of ether oxygens (including phenoxy) is 2. The Bertz CT molecular complexity index is 927. The molecule has 0 radical (unpaired) electrons. The summed E-state index contributed by atoms with van der Waals surface area (Å²) in [4.78, 5) is 36.6. The van der Waals surface area contributed by atoms with Crippen LogP contribution in [-0.2, 0) is 16.1 Å². The summed E-state index contributed by atoms with van der Waals surface area (Å²) in [6.07, 6.45) is 0. The monoisotopic (exact) mass is 397 g/mol. The van der Waals surface area contributed by atoms with E-state index < -0.39 is 23.4 Å². The molecule has 0 aromatic heterocycles. The van der Waals surface area contributed by atoms with Crippen molar-refractivity contribution in [2.24, 2.45) is 11.1 Å². The third kappa shape index (κ3) is 5.74. The summed E-state index contributed by atoms with van der Waals surface area (Å²) in [5.74, 6) is -1.03. The Hall–Kier alpha value is -2.99. The minimum atomic E-state index is -0.704. The largest absolute Gasteiger partial charge is 0.461 e. The average molecular weight is 397 g/mol. The summed E-state index contributed by atoms with van der Waals surface area (Å²) in [7, 11) is 0. The number of hydrogen-bond acceptors (Lipinski definition) is 6. The second kappa shape index (κ2) is 9.01. The van der Waals surface area contributed by atoms with Crippen molar-refractivity contribution in [1.82, 2.24) is 0 Å². The third-order valence-electron chi connectivity index (χ3n) is 4.56. The molecule has 1 unspecified atom stereocenters. The molecule has 6 nitrogen and oxygen atoms in total. The van der Waals surface area contributed by atoms with Crippen LogP contribution in [0.5, 0.6) is 5.75 Å². The fraction of sp³-hybridized carbons (Fsp3) is 0.348. The Morgan fingerprint density at radius 1 is 1.07 bits per heavy atom. The van der Waals surface area contributed by atoms with Crippen LogP contribution in [0.25, 0.3) is 0 Å². The van der Waals surface area contributed by atoms with Crippen LogP contribution in [0.15, 0.2) is 42.5 Å². The molecule has 0 heterocycles. The first-order valence-electron chi connectivity index (χ1n) is 9.34. The number of ketones is 1. The molecule has 1 atom stereocenters. The quantitative estimate of drug-likeness (QED) is 0.452. The zero-order chi connectivity index (χ0) is 21.8. The lowest BCUT2D eigenvalue weighted by molar-refractivity contribution is -0.142. The highest BCUT2D eigenvalue weighted by Gasteiger charge is 2.29. The Balaban J connectivity index is 2.36. The van der Waals surface area contributed by atoms with Crippen molar-refractivity contribution in [3.05, 3.63) is 64.7 Å². The molecule has 0 saturated carbocycles. The fourth-order valence-electron chi connectivity index (χ4n) is 2.65. The summed E-state index contributed by atoms with van der Waals surface area (Å²) in [5.41, 5.74) is 7.66. The van der Waals surface area contributed by atoms with Crippen LogP contribution in [0.4, 0.5) is 0 Å². The van der Waals surface area contributed by atoms with Crippen LogP contribution in [0.2, 0.25) is 0 Å². The van der Waals surface area contributed by atoms with Gasteiger partial charge in [-0.15, -0.1) is 0 Å². The van der Waals surface area contributed by atoms with Crippen LogP contribution in [0, 0.1) is 12.3 Å². The summed E-state index contributed by atoms with van der Waals surface area (Å²) in [5, 5.41) is 0. The maximum atomic E-state index is 12.7. The smallest absolute Gasteiger partial charge is 0.343 e. The fourth-order valence-corrected chi connectivity index (χ4v) is 2.65. The SMILES string of the molecule is CC(=O)OCc1cc(C(=O)C(N)C(C)(C)C)ccc1OC(=O)c1ccccc1C. The van der Waals surface area contributed by atoms with E-state index in [0.717, 1.165) is 5.56 Å². The van der Waals surface area contributed by atoms with Gasteiger partial charge in [-0.3, -0.25) is 9.59 Å². The number of aryl methyl sites for hydroxylation is 1. The van der Waals surface area contributed by atoms with E-state index in [0.29, 0.717) is 16.7 Å². The molecule has 0 spiro atoms. The van der Waals surface area contributed by atoms with Crippen molar-refractivity contribution in [3.8, 4) is 5.75 Å². The summed E-state index contributed by atoms with van der Waals surface area (Å²) in [6, 6.07) is 11.0. The molecular weight excluding hydrogens is 370 g/mol. The first kappa shape index (κ1) is 22.3. The first-order valence-corrected chi connectivity index (χ1v) is 9.34. The molecule has 2 aromatic rings. The van der Waals surface area contributed by atoms with Gasteiger partial charge in [-0.1, -0.05) is 39.0 Å². The Morgan fingerprint density at radius 3 is 2.31 bits per heavy atom. The van der Waals surface area contributed by atoms with Gasteiger partial charge in [-0.2, -0.15) is 0 Å². The molecule has 6 heteroatoms. The van der Waals surface area contributed by atoms with Gasteiger partial charge in [0.15, 0.2) is 5.78 Å². The van der Waals surface area contributed by atoms with Gasteiger partial charge in [0.25, 0.3) is 0 Å². The number of carbonyl (C=O) groups excluding carboxylic acids is 3. The van der Waals surface area contributed by atoms with Crippen molar-refractivity contribution < 1.29 is 23.9 Å². The molecule has 0 saturated heterocycles. The third-order valence-corrected chi connectivity index (χ3v) is 4.56. The van der Waals surface area contributed by atoms with Crippen molar-refractivity contribution in [3.63, 3.8) is 0 Å². The molecule has 0 aliphatic carbocycles. The molecule has 0 aliphatic heterocycles. The lowest BCUT2D eigenvalue weighted by Crippen LogP contribution is -2.42. The van der Waals surface area contributed by atoms with E-state index >= 15 is 0 Å². The first-order chi connectivity index (χ1) is 13.5. The molecule has 0 amide bonds. The second-order valence-electron chi connectivity index (χ2n) is 8.02. The van der Waals surface area contributed by atoms with E-state index in [4.69, 9.17) is 15.2 Å². The van der Waals surface area contributed by atoms with Crippen molar-refractivity contribution in [2.45, 2.75) is 47.3 Å². The number of nitrogens with two attached hydrogens (primary N) is 1. The predicted molar refractivity (Wildman–Crippen MR) is 110 cm³/mol. The van der Waals surface area contributed by atoms with Crippen molar-refractivity contribution >= 4 is 17.7 Å². The molecule has 29 heavy (non-hydrogen) atoms. The molecule has 0 aliphatic rings. The maximum absolute atomic E-state index is 12.7. The van der Waals surface area contributed by atoms with Crippen LogP contribution >= 0.6 is 0 Å². The number of hydrogen-bond donors (Lipinski definition) is 1. The van der Waals surface area contributed by atoms with E-state index in [9.17, 15) is 14.4 Å². The molecule has 0 bridgehead atoms. The van der Waals surface area contributed by atoms with Crippen LogP contribution in [0.1, 0.15) is 59.5 Å². The van der Waals surface area contributed by atoms with Crippen molar-refractivity contribution in [2.75, 3.05) is 0 Å². The topological polar surface area (TPSA) is 95.7 Å². The molecule has 2 N–H and O–H groups in total. The van der Waals surface area contributed by atoms with Crippen LogP contribution in [0.3, 0.4) is 0 Å². The lowest BCUT2D eigenvalue weighted by atomic mass is 9.82. The van der Waals surface area contributed by atoms with Gasteiger partial charge in [-0.05, 0) is 42.2 Å². The van der Waals surface area contributed by atoms with Gasteiger partial charge in [0, 0.05) is 18.1 Å². The summed E-state index contributed by atoms with van der Waals surface area (Å²) < 4.78 is 10.6. The van der Waals surface area contributed by atoms with Gasteiger partial charge in [0.2, 0.25) is 0 Å². The predicted octanol–water partition coefficient (Wildman–Crippen LogP) is 3.83. The minimum absolute atomic E-state index is 0.127. The molecule has 154 valence electrons. The average Bonchev–Trinajstić information content (AvgIpc) is 2.65. The minimum Gasteiger partial charge on any atom is -0.461 e. The second-order valence-corrected chi connectivity index (χ2v) is 8.02. The Labute approximate surface area is 171 Å².